The second-order valence-corrected chi connectivity index (χ2v) is 16.1. The quantitative estimate of drug-likeness (QED) is 0.156. The van der Waals surface area contributed by atoms with Crippen LogP contribution in [0.3, 0.4) is 0 Å². The molecule has 0 saturated carbocycles. The Bertz CT molecular complexity index is 3410. The van der Waals surface area contributed by atoms with Gasteiger partial charge in [-0.1, -0.05) is 170 Å². The first-order valence-electron chi connectivity index (χ1n) is 21.1. The van der Waals surface area contributed by atoms with Crippen molar-refractivity contribution in [2.24, 2.45) is 0 Å². The molecule has 1 aromatic heterocycles. The minimum Gasteiger partial charge on any atom is -0.310 e. The van der Waals surface area contributed by atoms with Crippen LogP contribution in [0.25, 0.3) is 60.5 Å². The zero-order valence-corrected chi connectivity index (χ0v) is 33.5. The molecule has 2 heteroatoms. The third-order valence-electron chi connectivity index (χ3n) is 12.8. The lowest BCUT2D eigenvalue weighted by molar-refractivity contribution is 0.771. The molecule has 0 saturated heterocycles. The summed E-state index contributed by atoms with van der Waals surface area (Å²) in [5.41, 5.74) is 16.3. The monoisotopic (exact) mass is 776 g/mol. The van der Waals surface area contributed by atoms with Crippen LogP contribution in [0.2, 0.25) is 0 Å². The molecule has 1 aliphatic carbocycles. The van der Waals surface area contributed by atoms with Gasteiger partial charge in [0.1, 0.15) is 0 Å². The van der Waals surface area contributed by atoms with Crippen molar-refractivity contribution < 1.29 is 0 Å². The highest BCUT2D eigenvalue weighted by Crippen LogP contribution is 2.57. The molecule has 0 fully saturated rings. The fourth-order valence-electron chi connectivity index (χ4n) is 10.2. The van der Waals surface area contributed by atoms with Gasteiger partial charge in [0, 0.05) is 33.4 Å². The minimum absolute atomic E-state index is 0.547. The minimum atomic E-state index is -0.547. The van der Waals surface area contributed by atoms with Gasteiger partial charge in [-0.15, -0.1) is 0 Å². The zero-order chi connectivity index (χ0) is 40.3. The lowest BCUT2D eigenvalue weighted by atomic mass is 9.67. The van der Waals surface area contributed by atoms with E-state index in [2.05, 4.69) is 252 Å². The number of fused-ring (bicyclic) bond motifs is 7. The number of aromatic nitrogens is 1. The number of hydrogen-bond donors (Lipinski definition) is 0. The number of hydrogen-bond acceptors (Lipinski definition) is 1. The Labute approximate surface area is 355 Å². The number of para-hydroxylation sites is 3. The van der Waals surface area contributed by atoms with E-state index in [0.29, 0.717) is 0 Å². The highest BCUT2D eigenvalue weighted by molar-refractivity contribution is 6.11. The second kappa shape index (κ2) is 14.1. The SMILES string of the molecule is c1ccc(-c2ccccc2N(c2ccccc2)c2ccc3c(c2)c2cc(C4(c5ccccc5)c5ccccc5-c5cc6ccccc6cc54)ccc2n3-c2ccccc2)cc1. The van der Waals surface area contributed by atoms with Crippen LogP contribution in [0.4, 0.5) is 17.1 Å². The molecule has 11 aromatic rings. The van der Waals surface area contributed by atoms with E-state index in [1.54, 1.807) is 0 Å². The zero-order valence-electron chi connectivity index (χ0n) is 33.5. The summed E-state index contributed by atoms with van der Waals surface area (Å²) in [6.07, 6.45) is 0. The molecule has 10 aromatic carbocycles. The molecule has 1 aliphatic rings. The molecule has 2 nitrogen and oxygen atoms in total. The molecular weight excluding hydrogens is 737 g/mol. The summed E-state index contributed by atoms with van der Waals surface area (Å²) in [6, 6.07) is 89.2. The third kappa shape index (κ3) is 5.43. The fourth-order valence-corrected chi connectivity index (χ4v) is 10.2. The van der Waals surface area contributed by atoms with Crippen molar-refractivity contribution in [1.82, 2.24) is 4.57 Å². The fraction of sp³-hybridized carbons (Fsp3) is 0.0169. The van der Waals surface area contributed by atoms with Gasteiger partial charge in [-0.05, 0) is 123 Å². The van der Waals surface area contributed by atoms with Crippen molar-refractivity contribution in [3.05, 3.63) is 265 Å². The molecule has 0 spiro atoms. The first kappa shape index (κ1) is 35.0. The summed E-state index contributed by atoms with van der Waals surface area (Å²) in [4.78, 5) is 2.41. The topological polar surface area (TPSA) is 8.17 Å². The largest absolute Gasteiger partial charge is 0.310 e. The molecule has 1 heterocycles. The Morgan fingerprint density at radius 1 is 0.344 bits per heavy atom. The molecule has 0 aliphatic heterocycles. The van der Waals surface area contributed by atoms with Gasteiger partial charge in [-0.3, -0.25) is 0 Å². The van der Waals surface area contributed by atoms with Gasteiger partial charge >= 0.3 is 0 Å². The van der Waals surface area contributed by atoms with Crippen LogP contribution in [-0.2, 0) is 5.41 Å². The lowest BCUT2D eigenvalue weighted by Gasteiger charge is -2.34. The highest BCUT2D eigenvalue weighted by atomic mass is 15.1. The summed E-state index contributed by atoms with van der Waals surface area (Å²) in [5, 5.41) is 4.91. The van der Waals surface area contributed by atoms with Crippen LogP contribution >= 0.6 is 0 Å². The molecule has 0 radical (unpaired) electrons. The standard InChI is InChI=1S/C59H40N2/c1-5-19-41(20-6-1)49-29-16-18-32-56(49)60(46-25-9-3-10-26-46)48-34-36-58-53(40-48)52-39-45(33-35-57(52)61(58)47-27-11-4-12-28-47)59(44-23-7-2-8-24-44)54-31-17-15-30-50(54)51-37-42-21-13-14-22-43(42)38-55(51)59/h1-40H. The predicted octanol–water partition coefficient (Wildman–Crippen LogP) is 15.4. The lowest BCUT2D eigenvalue weighted by Crippen LogP contribution is -2.28. The molecule has 0 N–H and O–H groups in total. The Balaban J connectivity index is 1.16. The molecule has 286 valence electrons. The molecule has 0 bridgehead atoms. The van der Waals surface area contributed by atoms with Crippen molar-refractivity contribution >= 4 is 49.6 Å². The van der Waals surface area contributed by atoms with Crippen LogP contribution in [0.1, 0.15) is 22.3 Å². The molecule has 12 rings (SSSR count). The van der Waals surface area contributed by atoms with E-state index in [0.717, 1.165) is 22.7 Å². The van der Waals surface area contributed by atoms with Crippen molar-refractivity contribution in [3.8, 4) is 27.9 Å². The van der Waals surface area contributed by atoms with Crippen molar-refractivity contribution in [2.45, 2.75) is 5.41 Å². The summed E-state index contributed by atoms with van der Waals surface area (Å²) in [5.74, 6) is 0. The van der Waals surface area contributed by atoms with Gasteiger partial charge in [0.2, 0.25) is 0 Å². The van der Waals surface area contributed by atoms with Gasteiger partial charge in [-0.2, -0.15) is 0 Å². The first-order chi connectivity index (χ1) is 30.3. The molecule has 61 heavy (non-hydrogen) atoms. The normalized spacial score (nSPS) is 14.3. The van der Waals surface area contributed by atoms with E-state index in [9.17, 15) is 0 Å². The van der Waals surface area contributed by atoms with Crippen molar-refractivity contribution in [2.75, 3.05) is 4.90 Å². The van der Waals surface area contributed by atoms with Gasteiger partial charge in [0.25, 0.3) is 0 Å². The van der Waals surface area contributed by atoms with E-state index >= 15 is 0 Å². The summed E-state index contributed by atoms with van der Waals surface area (Å²) in [7, 11) is 0. The Morgan fingerprint density at radius 2 is 0.918 bits per heavy atom. The van der Waals surface area contributed by atoms with E-state index in [-0.39, 0.29) is 0 Å². The summed E-state index contributed by atoms with van der Waals surface area (Å²) in [6.45, 7) is 0. The van der Waals surface area contributed by atoms with E-state index in [1.807, 2.05) is 0 Å². The number of anilines is 3. The van der Waals surface area contributed by atoms with E-state index < -0.39 is 5.41 Å². The van der Waals surface area contributed by atoms with Gasteiger partial charge < -0.3 is 9.47 Å². The third-order valence-corrected chi connectivity index (χ3v) is 12.8. The number of rotatable bonds is 7. The van der Waals surface area contributed by atoms with Crippen LogP contribution in [0.5, 0.6) is 0 Å². The maximum Gasteiger partial charge on any atom is 0.0714 e. The summed E-state index contributed by atoms with van der Waals surface area (Å²) >= 11 is 0. The van der Waals surface area contributed by atoms with E-state index in [4.69, 9.17) is 0 Å². The maximum atomic E-state index is 2.50. The van der Waals surface area contributed by atoms with Gasteiger partial charge in [-0.25, -0.2) is 0 Å². The van der Waals surface area contributed by atoms with Crippen LogP contribution in [-0.4, -0.2) is 4.57 Å². The van der Waals surface area contributed by atoms with Crippen molar-refractivity contribution in [3.63, 3.8) is 0 Å². The first-order valence-corrected chi connectivity index (χ1v) is 21.1. The van der Waals surface area contributed by atoms with Gasteiger partial charge in [0.05, 0.1) is 22.1 Å². The molecular formula is C59H40N2. The smallest absolute Gasteiger partial charge is 0.0714 e. The number of benzene rings is 10. The maximum absolute atomic E-state index is 2.50. The average Bonchev–Trinajstić information content (AvgIpc) is 3.81. The van der Waals surface area contributed by atoms with Crippen molar-refractivity contribution in [1.29, 1.82) is 0 Å². The molecule has 0 amide bonds. The Hall–Kier alpha value is -7.94. The number of nitrogens with zero attached hydrogens (tertiary/aromatic N) is 2. The summed E-state index contributed by atoms with van der Waals surface area (Å²) < 4.78 is 2.43. The molecule has 1 unspecified atom stereocenters. The van der Waals surface area contributed by atoms with Gasteiger partial charge in [0.15, 0.2) is 0 Å². The highest BCUT2D eigenvalue weighted by Gasteiger charge is 2.46. The van der Waals surface area contributed by atoms with Crippen LogP contribution < -0.4 is 4.90 Å². The Kier molecular flexibility index (Phi) is 8.11. The Morgan fingerprint density at radius 3 is 1.67 bits per heavy atom. The predicted molar refractivity (Wildman–Crippen MR) is 256 cm³/mol. The van der Waals surface area contributed by atoms with Crippen LogP contribution in [0, 0.1) is 0 Å². The molecule has 1 atom stereocenters. The van der Waals surface area contributed by atoms with Crippen LogP contribution in [0.15, 0.2) is 243 Å². The average molecular weight is 777 g/mol. The van der Waals surface area contributed by atoms with E-state index in [1.165, 1.54) is 77.1 Å². The second-order valence-electron chi connectivity index (χ2n) is 16.1.